The summed E-state index contributed by atoms with van der Waals surface area (Å²) in [4.78, 5) is 11.8. The van der Waals surface area contributed by atoms with Crippen LogP contribution in [0.5, 0.6) is 0 Å². The first-order chi connectivity index (χ1) is 9.24. The Labute approximate surface area is 111 Å². The Kier molecular flexibility index (Phi) is 2.82. The van der Waals surface area contributed by atoms with Crippen LogP contribution in [-0.4, -0.2) is 12.6 Å². The molecule has 2 aromatic carbocycles. The van der Waals surface area contributed by atoms with Crippen molar-refractivity contribution in [3.63, 3.8) is 0 Å². The maximum atomic E-state index is 12.7. The minimum atomic E-state index is -0.450. The lowest BCUT2D eigenvalue weighted by Crippen LogP contribution is -2.21. The molecule has 0 saturated carbocycles. The molecule has 1 amide bonds. The lowest BCUT2D eigenvalue weighted by molar-refractivity contribution is -0.118. The lowest BCUT2D eigenvalue weighted by Gasteiger charge is -2.13. The number of aryl methyl sites for hydroxylation is 1. The molecule has 1 unspecified atom stereocenters. The molecule has 2 nitrogen and oxygen atoms in total. The van der Waals surface area contributed by atoms with E-state index in [1.165, 1.54) is 0 Å². The van der Waals surface area contributed by atoms with Gasteiger partial charge in [-0.3, -0.25) is 9.18 Å². The highest BCUT2D eigenvalue weighted by atomic mass is 19.1. The highest BCUT2D eigenvalue weighted by Gasteiger charge is 2.33. The van der Waals surface area contributed by atoms with Crippen LogP contribution in [0.3, 0.4) is 0 Å². The maximum Gasteiger partial charge on any atom is 0.229 e. The minimum Gasteiger partial charge on any atom is -0.369 e. The molecule has 0 bridgehead atoms. The molecule has 0 aliphatic heterocycles. The molecule has 2 aromatic rings. The Balaban J connectivity index is 2.28. The van der Waals surface area contributed by atoms with Crippen LogP contribution in [0, 0.1) is 0 Å². The van der Waals surface area contributed by atoms with Crippen LogP contribution in [0.15, 0.2) is 42.5 Å². The summed E-state index contributed by atoms with van der Waals surface area (Å²) in [5.74, 6) is -0.827. The zero-order chi connectivity index (χ0) is 13.4. The fraction of sp³-hybridized carbons (Fsp3) is 0.188. The molecule has 0 aromatic heterocycles. The van der Waals surface area contributed by atoms with Crippen LogP contribution >= 0.6 is 0 Å². The fourth-order valence-corrected chi connectivity index (χ4v) is 2.95. The van der Waals surface area contributed by atoms with E-state index in [0.29, 0.717) is 6.42 Å². The molecular formula is C16H14FNO. The average Bonchev–Trinajstić information content (AvgIpc) is 2.75. The molecule has 1 aliphatic rings. The second-order valence-corrected chi connectivity index (χ2v) is 4.74. The number of carbonyl (C=O) groups is 1. The summed E-state index contributed by atoms with van der Waals surface area (Å²) < 4.78 is 12.7. The molecule has 0 saturated heterocycles. The van der Waals surface area contributed by atoms with Crippen LogP contribution in [0.25, 0.3) is 11.1 Å². The van der Waals surface area contributed by atoms with E-state index in [1.807, 2.05) is 42.5 Å². The normalized spacial score (nSPS) is 15.9. The Hall–Kier alpha value is -2.16. The molecule has 1 aliphatic carbocycles. The smallest absolute Gasteiger partial charge is 0.229 e. The van der Waals surface area contributed by atoms with Crippen LogP contribution in [-0.2, 0) is 11.2 Å². The van der Waals surface area contributed by atoms with Gasteiger partial charge in [-0.2, -0.15) is 0 Å². The third kappa shape index (κ3) is 1.73. The van der Waals surface area contributed by atoms with Crippen molar-refractivity contribution in [2.24, 2.45) is 5.73 Å². The molecule has 0 heterocycles. The first-order valence-electron chi connectivity index (χ1n) is 6.30. The summed E-state index contributed by atoms with van der Waals surface area (Å²) in [6.45, 7) is -0.432. The van der Waals surface area contributed by atoms with Crippen LogP contribution < -0.4 is 5.73 Å². The summed E-state index contributed by atoms with van der Waals surface area (Å²) in [6.07, 6.45) is 0.320. The minimum absolute atomic E-state index is 0.320. The van der Waals surface area contributed by atoms with Gasteiger partial charge in [0.1, 0.15) is 0 Å². The number of benzene rings is 2. The maximum absolute atomic E-state index is 12.7. The number of hydrogen-bond acceptors (Lipinski definition) is 1. The number of amides is 1. The lowest BCUT2D eigenvalue weighted by atomic mass is 9.91. The number of hydrogen-bond donors (Lipinski definition) is 1. The van der Waals surface area contributed by atoms with Gasteiger partial charge in [0.15, 0.2) is 0 Å². The number of halogens is 1. The number of alkyl halides is 1. The number of nitrogens with two attached hydrogens (primary N) is 1. The predicted molar refractivity (Wildman–Crippen MR) is 72.6 cm³/mol. The average molecular weight is 255 g/mol. The van der Waals surface area contributed by atoms with Gasteiger partial charge in [0.2, 0.25) is 5.91 Å². The summed E-state index contributed by atoms with van der Waals surface area (Å²) in [6, 6.07) is 13.5. The largest absolute Gasteiger partial charge is 0.369 e. The fourth-order valence-electron chi connectivity index (χ4n) is 2.95. The summed E-state index contributed by atoms with van der Waals surface area (Å²) in [5, 5.41) is 0. The second-order valence-electron chi connectivity index (χ2n) is 4.74. The van der Waals surface area contributed by atoms with Crippen LogP contribution in [0.2, 0.25) is 0 Å². The van der Waals surface area contributed by atoms with E-state index in [-0.39, 0.29) is 5.91 Å². The van der Waals surface area contributed by atoms with Crippen molar-refractivity contribution in [3.05, 3.63) is 59.2 Å². The van der Waals surface area contributed by atoms with Gasteiger partial charge >= 0.3 is 0 Å². The number of primary amides is 1. The zero-order valence-corrected chi connectivity index (χ0v) is 10.4. The first-order valence-corrected chi connectivity index (χ1v) is 6.30. The zero-order valence-electron chi connectivity index (χ0n) is 10.4. The molecule has 0 fully saturated rings. The van der Waals surface area contributed by atoms with Crippen molar-refractivity contribution in [1.29, 1.82) is 0 Å². The highest BCUT2D eigenvalue weighted by molar-refractivity contribution is 5.96. The Bertz CT molecular complexity index is 651. The molecular weight excluding hydrogens is 241 g/mol. The monoisotopic (exact) mass is 255 g/mol. The third-order valence-electron chi connectivity index (χ3n) is 3.70. The first kappa shape index (κ1) is 11.9. The highest BCUT2D eigenvalue weighted by Crippen LogP contribution is 2.46. The molecule has 96 valence electrons. The number of rotatable bonds is 3. The van der Waals surface area contributed by atoms with Crippen molar-refractivity contribution in [3.8, 4) is 11.1 Å². The quantitative estimate of drug-likeness (QED) is 0.900. The van der Waals surface area contributed by atoms with Crippen molar-refractivity contribution < 1.29 is 9.18 Å². The topological polar surface area (TPSA) is 43.1 Å². The van der Waals surface area contributed by atoms with E-state index in [2.05, 4.69) is 0 Å². The van der Waals surface area contributed by atoms with Gasteiger partial charge in [-0.05, 0) is 27.8 Å². The third-order valence-corrected chi connectivity index (χ3v) is 3.70. The van der Waals surface area contributed by atoms with Gasteiger partial charge in [0, 0.05) is 6.42 Å². The van der Waals surface area contributed by atoms with E-state index in [9.17, 15) is 9.18 Å². The summed E-state index contributed by atoms with van der Waals surface area (Å²) >= 11 is 0. The SMILES string of the molecule is NC(=O)C1c2ccccc2-c2cccc(CCF)c21. The van der Waals surface area contributed by atoms with Crippen molar-refractivity contribution >= 4 is 5.91 Å². The second kappa shape index (κ2) is 4.50. The van der Waals surface area contributed by atoms with Gasteiger partial charge in [-0.1, -0.05) is 42.5 Å². The van der Waals surface area contributed by atoms with E-state index in [4.69, 9.17) is 5.73 Å². The van der Waals surface area contributed by atoms with E-state index in [1.54, 1.807) is 0 Å². The molecule has 0 radical (unpaired) electrons. The Morgan fingerprint density at radius 2 is 1.84 bits per heavy atom. The van der Waals surface area contributed by atoms with Crippen molar-refractivity contribution in [2.75, 3.05) is 6.67 Å². The van der Waals surface area contributed by atoms with Gasteiger partial charge in [-0.25, -0.2) is 0 Å². The van der Waals surface area contributed by atoms with Crippen molar-refractivity contribution in [2.45, 2.75) is 12.3 Å². The number of carbonyl (C=O) groups excluding carboxylic acids is 1. The standard InChI is InChI=1S/C16H14FNO/c17-9-8-10-4-3-7-12-11-5-1-2-6-13(11)15(14(10)12)16(18)19/h1-7,15H,8-9H2,(H2,18,19). The summed E-state index contributed by atoms with van der Waals surface area (Å²) in [5.41, 5.74) is 10.3. The van der Waals surface area contributed by atoms with Crippen LogP contribution in [0.1, 0.15) is 22.6 Å². The molecule has 0 spiro atoms. The van der Waals surface area contributed by atoms with Gasteiger partial charge in [-0.15, -0.1) is 0 Å². The molecule has 2 N–H and O–H groups in total. The van der Waals surface area contributed by atoms with Crippen molar-refractivity contribution in [1.82, 2.24) is 0 Å². The predicted octanol–water partition coefficient (Wildman–Crippen LogP) is 2.80. The van der Waals surface area contributed by atoms with Gasteiger partial charge in [0.05, 0.1) is 12.6 Å². The van der Waals surface area contributed by atoms with Gasteiger partial charge in [0.25, 0.3) is 0 Å². The van der Waals surface area contributed by atoms with Gasteiger partial charge < -0.3 is 5.73 Å². The molecule has 3 rings (SSSR count). The number of fused-ring (bicyclic) bond motifs is 3. The van der Waals surface area contributed by atoms with E-state index < -0.39 is 12.6 Å². The Morgan fingerprint density at radius 1 is 1.11 bits per heavy atom. The van der Waals surface area contributed by atoms with Crippen LogP contribution in [0.4, 0.5) is 4.39 Å². The Morgan fingerprint density at radius 3 is 2.58 bits per heavy atom. The van der Waals surface area contributed by atoms with E-state index >= 15 is 0 Å². The van der Waals surface area contributed by atoms with E-state index in [0.717, 1.165) is 27.8 Å². The molecule has 19 heavy (non-hydrogen) atoms. The molecule has 3 heteroatoms. The summed E-state index contributed by atoms with van der Waals surface area (Å²) in [7, 11) is 0. The molecule has 1 atom stereocenters.